The summed E-state index contributed by atoms with van der Waals surface area (Å²) in [6.45, 7) is 1.48. The lowest BCUT2D eigenvalue weighted by atomic mass is 10.1. The largest absolute Gasteiger partial charge is 0.416 e. The van der Waals surface area contributed by atoms with Crippen LogP contribution in [0.4, 0.5) is 18.9 Å². The van der Waals surface area contributed by atoms with Gasteiger partial charge in [0.2, 0.25) is 0 Å². The summed E-state index contributed by atoms with van der Waals surface area (Å²) in [5, 5.41) is 3.23. The van der Waals surface area contributed by atoms with Gasteiger partial charge in [-0.25, -0.2) is 0 Å². The molecule has 0 atom stereocenters. The molecule has 0 saturated heterocycles. The minimum atomic E-state index is -4.31. The van der Waals surface area contributed by atoms with Gasteiger partial charge in [-0.3, -0.25) is 0 Å². The van der Waals surface area contributed by atoms with E-state index in [2.05, 4.69) is 17.4 Å². The topological polar surface area (TPSA) is 12.0 Å². The molecule has 0 saturated carbocycles. The number of rotatable bonds is 2. The predicted octanol–water partition coefficient (Wildman–Crippen LogP) is 4.59. The molecular weight excluding hydrogens is 275 g/mol. The van der Waals surface area contributed by atoms with Crippen LogP contribution in [-0.2, 0) is 19.0 Å². The molecule has 1 nitrogen and oxygen atoms in total. The van der Waals surface area contributed by atoms with Crippen LogP contribution in [0.3, 0.4) is 0 Å². The number of hydrogen-bond donors (Lipinski definition) is 1. The summed E-state index contributed by atoms with van der Waals surface area (Å²) in [4.78, 5) is 0. The van der Waals surface area contributed by atoms with Crippen molar-refractivity contribution in [3.63, 3.8) is 0 Å². The summed E-state index contributed by atoms with van der Waals surface area (Å²) in [6.07, 6.45) is -2.60. The Bertz CT molecular complexity index is 636. The first kappa shape index (κ1) is 14.0. The Labute approximate surface area is 121 Å². The van der Waals surface area contributed by atoms with Gasteiger partial charge in [0.1, 0.15) is 0 Å². The molecule has 2 aromatic rings. The molecular formula is C17H16F3N. The van der Waals surface area contributed by atoms with Gasteiger partial charge in [0.15, 0.2) is 0 Å². The van der Waals surface area contributed by atoms with E-state index in [4.69, 9.17) is 0 Å². The highest BCUT2D eigenvalue weighted by atomic mass is 19.4. The zero-order valence-corrected chi connectivity index (χ0v) is 11.7. The molecule has 0 radical (unpaired) electrons. The molecule has 1 N–H and O–H groups in total. The van der Waals surface area contributed by atoms with Gasteiger partial charge in [-0.15, -0.1) is 0 Å². The Balaban J connectivity index is 1.78. The monoisotopic (exact) mass is 291 g/mol. The number of fused-ring (bicyclic) bond motifs is 1. The fraction of sp³-hybridized carbons (Fsp3) is 0.294. The van der Waals surface area contributed by atoms with E-state index in [1.54, 1.807) is 6.07 Å². The van der Waals surface area contributed by atoms with Crippen LogP contribution in [-0.4, -0.2) is 6.04 Å². The molecule has 0 aliphatic heterocycles. The second kappa shape index (κ2) is 5.10. The van der Waals surface area contributed by atoms with Gasteiger partial charge < -0.3 is 5.32 Å². The maximum Gasteiger partial charge on any atom is 0.416 e. The molecule has 0 aromatic heterocycles. The Kier molecular flexibility index (Phi) is 3.40. The van der Waals surface area contributed by atoms with E-state index in [0.29, 0.717) is 5.69 Å². The van der Waals surface area contributed by atoms with Crippen molar-refractivity contribution in [3.8, 4) is 0 Å². The summed E-state index contributed by atoms with van der Waals surface area (Å²) in [5.74, 6) is 0. The third-order valence-corrected chi connectivity index (χ3v) is 3.96. The van der Waals surface area contributed by atoms with Crippen molar-refractivity contribution in [1.82, 2.24) is 0 Å². The maximum absolute atomic E-state index is 12.9. The van der Waals surface area contributed by atoms with Crippen LogP contribution in [0.5, 0.6) is 0 Å². The first-order valence-electron chi connectivity index (χ1n) is 6.94. The molecule has 0 bridgehead atoms. The van der Waals surface area contributed by atoms with E-state index in [1.165, 1.54) is 30.2 Å². The van der Waals surface area contributed by atoms with E-state index in [0.717, 1.165) is 12.8 Å². The minimum absolute atomic E-state index is 0.159. The van der Waals surface area contributed by atoms with Crippen LogP contribution < -0.4 is 5.32 Å². The Morgan fingerprint density at radius 1 is 1.00 bits per heavy atom. The van der Waals surface area contributed by atoms with Gasteiger partial charge in [0, 0.05) is 11.7 Å². The van der Waals surface area contributed by atoms with Gasteiger partial charge >= 0.3 is 6.18 Å². The molecule has 21 heavy (non-hydrogen) atoms. The molecule has 0 amide bonds. The van der Waals surface area contributed by atoms with Gasteiger partial charge in [-0.2, -0.15) is 13.2 Å². The van der Waals surface area contributed by atoms with Gasteiger partial charge in [0.25, 0.3) is 0 Å². The lowest BCUT2D eigenvalue weighted by molar-refractivity contribution is -0.138. The van der Waals surface area contributed by atoms with Crippen LogP contribution in [0.25, 0.3) is 0 Å². The highest BCUT2D eigenvalue weighted by Crippen LogP contribution is 2.34. The molecule has 3 rings (SSSR count). The number of halogens is 3. The second-order valence-corrected chi connectivity index (χ2v) is 5.55. The number of hydrogen-bond acceptors (Lipinski definition) is 1. The fourth-order valence-electron chi connectivity index (χ4n) is 2.91. The standard InChI is InChI=1S/C17H16F3N/c1-11-6-7-14(10-16(11)17(18,19)20)21-15-8-12-4-2-3-5-13(12)9-15/h2-7,10,15,21H,8-9H2,1H3. The Hall–Kier alpha value is -1.97. The number of aryl methyl sites for hydroxylation is 1. The number of nitrogens with one attached hydrogen (secondary N) is 1. The molecule has 0 unspecified atom stereocenters. The van der Waals surface area contributed by atoms with E-state index < -0.39 is 11.7 Å². The summed E-state index contributed by atoms with van der Waals surface area (Å²) >= 11 is 0. The number of benzene rings is 2. The molecule has 1 aliphatic carbocycles. The van der Waals surface area contributed by atoms with Crippen molar-refractivity contribution < 1.29 is 13.2 Å². The molecule has 0 fully saturated rings. The maximum atomic E-state index is 12.9. The Morgan fingerprint density at radius 3 is 2.19 bits per heavy atom. The second-order valence-electron chi connectivity index (χ2n) is 5.55. The van der Waals surface area contributed by atoms with Crippen LogP contribution in [0.15, 0.2) is 42.5 Å². The third kappa shape index (κ3) is 2.89. The molecule has 2 aromatic carbocycles. The van der Waals surface area contributed by atoms with Gasteiger partial charge in [-0.1, -0.05) is 30.3 Å². The summed E-state index contributed by atoms with van der Waals surface area (Å²) in [7, 11) is 0. The average Bonchev–Trinajstić information content (AvgIpc) is 2.82. The van der Waals surface area contributed by atoms with Crippen molar-refractivity contribution in [1.29, 1.82) is 0 Å². The molecule has 0 spiro atoms. The zero-order valence-electron chi connectivity index (χ0n) is 11.7. The lowest BCUT2D eigenvalue weighted by Gasteiger charge is -2.17. The third-order valence-electron chi connectivity index (χ3n) is 3.96. The van der Waals surface area contributed by atoms with E-state index in [-0.39, 0.29) is 11.6 Å². The molecule has 4 heteroatoms. The quantitative estimate of drug-likeness (QED) is 0.853. The van der Waals surface area contributed by atoms with Crippen molar-refractivity contribution in [2.24, 2.45) is 0 Å². The van der Waals surface area contributed by atoms with Gasteiger partial charge in [-0.05, 0) is 48.6 Å². The van der Waals surface area contributed by atoms with Crippen molar-refractivity contribution in [2.75, 3.05) is 5.32 Å². The Morgan fingerprint density at radius 2 is 1.62 bits per heavy atom. The number of anilines is 1. The van der Waals surface area contributed by atoms with Crippen LogP contribution in [0, 0.1) is 6.92 Å². The highest BCUT2D eigenvalue weighted by molar-refractivity contribution is 5.51. The first-order valence-corrected chi connectivity index (χ1v) is 6.94. The van der Waals surface area contributed by atoms with Crippen molar-refractivity contribution >= 4 is 5.69 Å². The summed E-state index contributed by atoms with van der Waals surface area (Å²) < 4.78 is 38.8. The molecule has 110 valence electrons. The minimum Gasteiger partial charge on any atom is -0.382 e. The predicted molar refractivity (Wildman–Crippen MR) is 77.4 cm³/mol. The van der Waals surface area contributed by atoms with Crippen molar-refractivity contribution in [2.45, 2.75) is 32.0 Å². The lowest BCUT2D eigenvalue weighted by Crippen LogP contribution is -2.20. The normalized spacial score (nSPS) is 15.0. The van der Waals surface area contributed by atoms with Crippen molar-refractivity contribution in [3.05, 3.63) is 64.7 Å². The summed E-state index contributed by atoms with van der Waals surface area (Å²) in [5.41, 5.74) is 2.77. The smallest absolute Gasteiger partial charge is 0.382 e. The number of alkyl halides is 3. The van der Waals surface area contributed by atoms with E-state index in [1.807, 2.05) is 12.1 Å². The van der Waals surface area contributed by atoms with E-state index in [9.17, 15) is 13.2 Å². The van der Waals surface area contributed by atoms with Crippen LogP contribution in [0.1, 0.15) is 22.3 Å². The first-order chi connectivity index (χ1) is 9.93. The highest BCUT2D eigenvalue weighted by Gasteiger charge is 2.32. The van der Waals surface area contributed by atoms with Gasteiger partial charge in [0.05, 0.1) is 5.56 Å². The fourth-order valence-corrected chi connectivity index (χ4v) is 2.91. The van der Waals surface area contributed by atoms with Crippen LogP contribution >= 0.6 is 0 Å². The average molecular weight is 291 g/mol. The SMILES string of the molecule is Cc1ccc(NC2Cc3ccccc3C2)cc1C(F)(F)F. The van der Waals surface area contributed by atoms with Crippen LogP contribution in [0.2, 0.25) is 0 Å². The van der Waals surface area contributed by atoms with E-state index >= 15 is 0 Å². The summed E-state index contributed by atoms with van der Waals surface area (Å²) in [6, 6.07) is 12.7. The molecule has 1 aliphatic rings. The molecule has 0 heterocycles. The zero-order chi connectivity index (χ0) is 15.0.